The fourth-order valence-electron chi connectivity index (χ4n) is 0.923. The van der Waals surface area contributed by atoms with Gasteiger partial charge in [-0.05, 0) is 13.3 Å². The van der Waals surface area contributed by atoms with Crippen molar-refractivity contribution in [2.45, 2.75) is 26.3 Å². The molecular weight excluding hydrogens is 178 g/mol. The van der Waals surface area contributed by atoms with E-state index in [2.05, 4.69) is 15.3 Å². The van der Waals surface area contributed by atoms with Crippen LogP contribution in [0.1, 0.15) is 25.8 Å². The highest BCUT2D eigenvalue weighted by atomic mass is 15.1. The summed E-state index contributed by atoms with van der Waals surface area (Å²) in [5.74, 6) is 0.684. The van der Waals surface area contributed by atoms with Gasteiger partial charge in [-0.2, -0.15) is 10.2 Å². The Bertz CT molecular complexity index is 355. The number of hydrogen-bond acceptors (Lipinski definition) is 5. The molecule has 14 heavy (non-hydrogen) atoms. The lowest BCUT2D eigenvalue weighted by Gasteiger charge is -2.12. The molecule has 1 unspecified atom stereocenters. The van der Waals surface area contributed by atoms with Gasteiger partial charge in [-0.15, -0.1) is 0 Å². The minimum Gasteiger partial charge on any atom is -0.368 e. The molecule has 0 aliphatic heterocycles. The van der Waals surface area contributed by atoms with E-state index in [1.807, 2.05) is 19.9 Å². The van der Waals surface area contributed by atoms with Crippen molar-refractivity contribution in [1.29, 1.82) is 5.26 Å². The van der Waals surface area contributed by atoms with Crippen molar-refractivity contribution in [3.05, 3.63) is 11.8 Å². The number of rotatable bonds is 3. The number of nitrogens with two attached hydrogens (primary N) is 1. The molecule has 5 nitrogen and oxygen atoms in total. The quantitative estimate of drug-likeness (QED) is 0.748. The molecule has 1 atom stereocenters. The predicted octanol–water partition coefficient (Wildman–Crippen LogP) is 1.14. The molecule has 1 aromatic heterocycles. The average Bonchev–Trinajstić information content (AvgIpc) is 2.18. The Kier molecular flexibility index (Phi) is 3.24. The maximum absolute atomic E-state index is 8.78. The molecule has 0 fully saturated rings. The number of nitrogen functional groups attached to an aromatic ring is 1. The van der Waals surface area contributed by atoms with Gasteiger partial charge in [-0.3, -0.25) is 0 Å². The highest BCUT2D eigenvalue weighted by Crippen LogP contribution is 2.12. The molecular formula is C9H13N5. The van der Waals surface area contributed by atoms with Gasteiger partial charge < -0.3 is 11.1 Å². The Balaban J connectivity index is 2.94. The molecule has 5 heteroatoms. The van der Waals surface area contributed by atoms with Crippen LogP contribution in [0.5, 0.6) is 0 Å². The number of anilines is 2. The van der Waals surface area contributed by atoms with Crippen molar-refractivity contribution in [2.75, 3.05) is 11.1 Å². The van der Waals surface area contributed by atoms with E-state index < -0.39 is 0 Å². The summed E-state index contributed by atoms with van der Waals surface area (Å²) in [6.07, 6.45) is 2.38. The number of hydrogen-bond donors (Lipinski definition) is 2. The second-order valence-corrected chi connectivity index (χ2v) is 3.06. The van der Waals surface area contributed by atoms with Crippen molar-refractivity contribution in [2.24, 2.45) is 0 Å². The lowest BCUT2D eigenvalue weighted by Crippen LogP contribution is -2.16. The van der Waals surface area contributed by atoms with Crippen LogP contribution in [0.15, 0.2) is 6.20 Å². The minimum atomic E-state index is 0.176. The monoisotopic (exact) mass is 191 g/mol. The van der Waals surface area contributed by atoms with Gasteiger partial charge >= 0.3 is 0 Å². The second-order valence-electron chi connectivity index (χ2n) is 3.06. The van der Waals surface area contributed by atoms with E-state index in [4.69, 9.17) is 11.0 Å². The normalized spacial score (nSPS) is 11.8. The van der Waals surface area contributed by atoms with E-state index in [0.29, 0.717) is 11.4 Å². The maximum atomic E-state index is 8.78. The molecule has 0 aliphatic rings. The van der Waals surface area contributed by atoms with Crippen LogP contribution in [0.2, 0.25) is 0 Å². The Hall–Kier alpha value is -1.83. The Morgan fingerprint density at radius 3 is 3.00 bits per heavy atom. The molecule has 0 aromatic carbocycles. The van der Waals surface area contributed by atoms with Crippen LogP contribution in [0.4, 0.5) is 11.8 Å². The Morgan fingerprint density at radius 2 is 2.43 bits per heavy atom. The summed E-state index contributed by atoms with van der Waals surface area (Å²) < 4.78 is 0. The summed E-state index contributed by atoms with van der Waals surface area (Å²) in [5, 5.41) is 11.9. The standard InChI is InChI=1S/C9H13N5/c1-3-6(2)13-8-7(4-10)5-12-9(11)14-8/h5-6H,3H2,1-2H3,(H3,11,12,13,14). The molecule has 0 radical (unpaired) electrons. The molecule has 1 rings (SSSR count). The molecule has 1 heterocycles. The van der Waals surface area contributed by atoms with Crippen molar-refractivity contribution in [3.8, 4) is 6.07 Å². The van der Waals surface area contributed by atoms with Crippen LogP contribution in [0.3, 0.4) is 0 Å². The van der Waals surface area contributed by atoms with Gasteiger partial charge in [0.1, 0.15) is 17.5 Å². The third-order valence-electron chi connectivity index (χ3n) is 1.92. The van der Waals surface area contributed by atoms with E-state index in [1.54, 1.807) is 0 Å². The lowest BCUT2D eigenvalue weighted by molar-refractivity contribution is 0.758. The van der Waals surface area contributed by atoms with Crippen LogP contribution in [0, 0.1) is 11.3 Å². The molecule has 0 aliphatic carbocycles. The number of nitriles is 1. The number of nitrogens with zero attached hydrogens (tertiary/aromatic N) is 3. The highest BCUT2D eigenvalue weighted by Gasteiger charge is 2.07. The molecule has 0 saturated heterocycles. The minimum absolute atomic E-state index is 0.176. The molecule has 0 saturated carbocycles. The van der Waals surface area contributed by atoms with Crippen molar-refractivity contribution in [3.63, 3.8) is 0 Å². The first-order chi connectivity index (χ1) is 6.67. The van der Waals surface area contributed by atoms with Crippen LogP contribution in [-0.2, 0) is 0 Å². The van der Waals surface area contributed by atoms with E-state index in [0.717, 1.165) is 6.42 Å². The second kappa shape index (κ2) is 4.42. The van der Waals surface area contributed by atoms with Gasteiger partial charge in [0.25, 0.3) is 0 Å². The molecule has 0 spiro atoms. The van der Waals surface area contributed by atoms with Gasteiger partial charge in [0, 0.05) is 6.04 Å². The molecule has 0 amide bonds. The fourth-order valence-corrected chi connectivity index (χ4v) is 0.923. The van der Waals surface area contributed by atoms with Crippen molar-refractivity contribution < 1.29 is 0 Å². The topological polar surface area (TPSA) is 87.6 Å². The third-order valence-corrected chi connectivity index (χ3v) is 1.92. The van der Waals surface area contributed by atoms with E-state index in [1.165, 1.54) is 6.20 Å². The summed E-state index contributed by atoms with van der Waals surface area (Å²) in [6.45, 7) is 4.06. The SMILES string of the molecule is CCC(C)Nc1nc(N)ncc1C#N. The van der Waals surface area contributed by atoms with Crippen molar-refractivity contribution >= 4 is 11.8 Å². The van der Waals surface area contributed by atoms with Crippen LogP contribution >= 0.6 is 0 Å². The Labute approximate surface area is 83.0 Å². The van der Waals surface area contributed by atoms with Crippen molar-refractivity contribution in [1.82, 2.24) is 9.97 Å². The predicted molar refractivity (Wildman–Crippen MR) is 54.5 cm³/mol. The zero-order valence-corrected chi connectivity index (χ0v) is 8.28. The van der Waals surface area contributed by atoms with Gasteiger partial charge in [0.15, 0.2) is 0 Å². The van der Waals surface area contributed by atoms with Gasteiger partial charge in [0.05, 0.1) is 6.20 Å². The molecule has 0 bridgehead atoms. The highest BCUT2D eigenvalue weighted by molar-refractivity contribution is 5.52. The summed E-state index contributed by atoms with van der Waals surface area (Å²) in [6, 6.07) is 2.27. The van der Waals surface area contributed by atoms with Gasteiger partial charge in [-0.1, -0.05) is 6.92 Å². The first-order valence-corrected chi connectivity index (χ1v) is 4.46. The maximum Gasteiger partial charge on any atom is 0.222 e. The van der Waals surface area contributed by atoms with Crippen LogP contribution in [0.25, 0.3) is 0 Å². The van der Waals surface area contributed by atoms with E-state index in [-0.39, 0.29) is 12.0 Å². The molecule has 3 N–H and O–H groups in total. The number of nitrogens with one attached hydrogen (secondary N) is 1. The smallest absolute Gasteiger partial charge is 0.222 e. The molecule has 74 valence electrons. The lowest BCUT2D eigenvalue weighted by atomic mass is 10.2. The first kappa shape index (κ1) is 10.3. The van der Waals surface area contributed by atoms with Gasteiger partial charge in [0.2, 0.25) is 5.95 Å². The summed E-state index contributed by atoms with van der Waals surface area (Å²) in [7, 11) is 0. The summed E-state index contributed by atoms with van der Waals surface area (Å²) >= 11 is 0. The largest absolute Gasteiger partial charge is 0.368 e. The van der Waals surface area contributed by atoms with E-state index >= 15 is 0 Å². The number of aromatic nitrogens is 2. The summed E-state index contributed by atoms with van der Waals surface area (Å²) in [5.41, 5.74) is 5.84. The first-order valence-electron chi connectivity index (χ1n) is 4.46. The zero-order chi connectivity index (χ0) is 10.6. The molecule has 1 aromatic rings. The van der Waals surface area contributed by atoms with Crippen LogP contribution < -0.4 is 11.1 Å². The van der Waals surface area contributed by atoms with Crippen LogP contribution in [-0.4, -0.2) is 16.0 Å². The zero-order valence-electron chi connectivity index (χ0n) is 8.28. The average molecular weight is 191 g/mol. The van der Waals surface area contributed by atoms with E-state index in [9.17, 15) is 0 Å². The summed E-state index contributed by atoms with van der Waals surface area (Å²) in [4.78, 5) is 7.71. The fraction of sp³-hybridized carbons (Fsp3) is 0.444. The van der Waals surface area contributed by atoms with Gasteiger partial charge in [-0.25, -0.2) is 4.98 Å². The third kappa shape index (κ3) is 2.33. The Morgan fingerprint density at radius 1 is 1.71 bits per heavy atom.